The van der Waals surface area contributed by atoms with Gasteiger partial charge in [0.05, 0.1) is 34.9 Å². The number of nitro benzene ring substituents is 2. The SMILES string of the molecule is C.CC.CC.CC.CC.CC.CC.CC.CS(=O)(=O)Cl.CS(=O)(=O)Nc1ccc(O)cc1.CS(=O)(=O)Nc1ccc(OS(=O)(=O)C(F)(F)F)cc1.Cc1ccc(N)cc1.Cc1ccc(NS(C)(=O)=O)cc1.Cc1ccc([N+](=O)[O-])cc1.O=S(=O)(OS(=O)(=O)C(F)(F)F)C(F)(F)F.O=[N+]([O-])O.O=[N+]([O-])c1ccc(O)cc1.Oc1ccccc1. The molecule has 676 valence electrons. The maximum Gasteiger partial charge on any atom is 0.534 e. The van der Waals surface area contributed by atoms with Crippen molar-refractivity contribution in [2.24, 2.45) is 0 Å². The van der Waals surface area contributed by atoms with E-state index < -0.39 is 107 Å². The number of hydrogen-bond acceptors (Lipinski definition) is 26. The second-order valence-electron chi connectivity index (χ2n) is 18.4. The summed E-state index contributed by atoms with van der Waals surface area (Å²) in [5.41, 5.74) is -7.18. The summed E-state index contributed by atoms with van der Waals surface area (Å²) in [5.74, 6) is -0.126. The van der Waals surface area contributed by atoms with E-state index in [2.05, 4.69) is 24.3 Å². The molecule has 0 spiro atoms. The fraction of sp³-hybridized carbons (Fsp3) is 0.373. The molecular weight excluding hydrogens is 1750 g/mol. The Morgan fingerprint density at radius 2 is 0.564 bits per heavy atom. The summed E-state index contributed by atoms with van der Waals surface area (Å²) < 4.78 is 261. The quantitative estimate of drug-likeness (QED) is 0.00823. The van der Waals surface area contributed by atoms with Gasteiger partial charge < -0.3 is 30.4 Å². The summed E-state index contributed by atoms with van der Waals surface area (Å²) >= 11 is 0. The van der Waals surface area contributed by atoms with Crippen molar-refractivity contribution in [3.63, 3.8) is 0 Å². The Hall–Kier alpha value is -9.79. The number of aromatic hydroxyl groups is 3. The van der Waals surface area contributed by atoms with Gasteiger partial charge in [-0.25, -0.2) is 33.7 Å². The van der Waals surface area contributed by atoms with Gasteiger partial charge in [-0.15, -0.1) is 13.7 Å². The summed E-state index contributed by atoms with van der Waals surface area (Å²) in [6.07, 6.45) is 4.01. The Morgan fingerprint density at radius 3 is 0.769 bits per heavy atom. The highest BCUT2D eigenvalue weighted by atomic mass is 35.7. The lowest BCUT2D eigenvalue weighted by atomic mass is 10.2. The Labute approximate surface area is 684 Å². The molecule has 0 unspecified atom stereocenters. The zero-order valence-corrected chi connectivity index (χ0v) is 73.0. The van der Waals surface area contributed by atoms with Crippen molar-refractivity contribution < 1.29 is 142 Å². The van der Waals surface area contributed by atoms with Crippen LogP contribution >= 0.6 is 10.7 Å². The molecular formula is C67H105ClF9N7O26S7. The standard InChI is InChI=1S/C8H8F3NO5S2.C8H11NO2S.C7H9NO3S.C7H7NO2.C7H9N.C6H5NO3.C6H6O.C2F6O5S2.7C2H6.CH3ClO2S.CH4.HNO3/c1-18(13,14)12-6-2-4-7(5-3-6)17-19(15,16)8(9,10)11;1-7-3-5-8(6-4-7)9-12(2,10)11;1-12(10,11)8-6-2-4-7(9)5-3-6;1-6-2-4-7(5-3-6)8(9)10;1-6-2-4-7(8)5-3-6;8-6-3-1-5(2-4-6)7(9)10;7-6-4-2-1-3-5-6;3-1(4,5)14(9,10)13-15(11,12)2(6,7)8;7*1-2;1-5(2,3)4;;2-1(3)4/h2-5,12H,1H3;3-6,9H,1-2H3;2-5,8-9H,1H3;2-5H,1H3;2-5H,8H2,1H3;1-4,8H;1-5,7H;;7*1-2H3;1H3;1H4;(H,2,3,4). The summed E-state index contributed by atoms with van der Waals surface area (Å²) in [5, 5.41) is 60.0. The zero-order chi connectivity index (χ0) is 94.3. The van der Waals surface area contributed by atoms with Crippen molar-refractivity contribution in [3.8, 4) is 23.0 Å². The number of phenols is 3. The van der Waals surface area contributed by atoms with E-state index in [0.29, 0.717) is 17.1 Å². The van der Waals surface area contributed by atoms with Gasteiger partial charge in [0, 0.05) is 57.7 Å². The minimum Gasteiger partial charge on any atom is -0.508 e. The average Bonchev–Trinajstić information content (AvgIpc) is 0.789. The normalized spacial score (nSPS) is 10.1. The highest BCUT2D eigenvalue weighted by Crippen LogP contribution is 2.32. The summed E-state index contributed by atoms with van der Waals surface area (Å²) in [6, 6.07) is 44.8. The molecule has 0 atom stereocenters. The van der Waals surface area contributed by atoms with Gasteiger partial charge in [0.15, 0.2) is 0 Å². The van der Waals surface area contributed by atoms with Gasteiger partial charge in [0.1, 0.15) is 23.0 Å². The van der Waals surface area contributed by atoms with Crippen LogP contribution in [0.4, 0.5) is 73.6 Å². The third-order valence-electron chi connectivity index (χ3n) is 9.06. The van der Waals surface area contributed by atoms with E-state index in [9.17, 15) is 119 Å². The predicted molar refractivity (Wildman–Crippen MR) is 440 cm³/mol. The number of alkyl halides is 9. The number of aryl methyl sites for hydroxylation is 3. The van der Waals surface area contributed by atoms with Gasteiger partial charge in [-0.3, -0.25) is 34.4 Å². The van der Waals surface area contributed by atoms with Gasteiger partial charge in [-0.1, -0.05) is 176 Å². The van der Waals surface area contributed by atoms with Crippen LogP contribution in [0, 0.1) is 51.1 Å². The van der Waals surface area contributed by atoms with E-state index >= 15 is 0 Å². The molecule has 33 nitrogen and oxygen atoms in total. The number of nitrogens with two attached hydrogens (primary N) is 1. The van der Waals surface area contributed by atoms with Gasteiger partial charge in [-0.2, -0.15) is 64.8 Å². The fourth-order valence-corrected chi connectivity index (χ4v) is 8.69. The highest BCUT2D eigenvalue weighted by molar-refractivity contribution is 8.13. The number of nitro groups is 2. The number of anilines is 4. The summed E-state index contributed by atoms with van der Waals surface area (Å²) in [6.45, 7) is 33.9. The number of halogens is 10. The Morgan fingerprint density at radius 1 is 0.368 bits per heavy atom. The monoisotopic (exact) mass is 1850 g/mol. The Kier molecular flexibility index (Phi) is 75.1. The second kappa shape index (κ2) is 67.3. The van der Waals surface area contributed by atoms with E-state index in [1.54, 1.807) is 48.5 Å². The lowest BCUT2D eigenvalue weighted by Crippen LogP contribution is -2.34. The third-order valence-corrected chi connectivity index (χ3v) is 14.4. The van der Waals surface area contributed by atoms with Gasteiger partial charge >= 0.3 is 46.9 Å². The smallest absolute Gasteiger partial charge is 0.508 e. The Balaban J connectivity index is -0.000000119. The van der Waals surface area contributed by atoms with Crippen molar-refractivity contribution in [1.29, 1.82) is 0 Å². The van der Waals surface area contributed by atoms with Crippen LogP contribution < -0.4 is 24.1 Å². The van der Waals surface area contributed by atoms with Crippen LogP contribution in [0.25, 0.3) is 0 Å². The molecule has 7 aromatic rings. The number of non-ortho nitro benzene ring substituents is 2. The molecule has 50 heteroatoms. The summed E-state index contributed by atoms with van der Waals surface area (Å²) in [4.78, 5) is 27.6. The molecule has 0 aliphatic rings. The number of sulfonamides is 3. The van der Waals surface area contributed by atoms with Gasteiger partial charge in [0.2, 0.25) is 39.1 Å². The lowest BCUT2D eigenvalue weighted by Gasteiger charge is -2.10. The molecule has 0 amide bonds. The molecule has 7 rings (SSSR count). The first kappa shape index (κ1) is 131. The first-order valence-corrected chi connectivity index (χ1v) is 45.2. The molecule has 0 fully saturated rings. The predicted octanol–water partition coefficient (Wildman–Crippen LogP) is 17.9. The first-order valence-electron chi connectivity index (χ1n) is 32.5. The van der Waals surface area contributed by atoms with E-state index in [0.717, 1.165) is 66.1 Å². The van der Waals surface area contributed by atoms with E-state index in [1.165, 1.54) is 66.2 Å². The number of nitrogens with one attached hydrogen (secondary N) is 3. The second-order valence-corrected chi connectivity index (χ2v) is 31.6. The molecule has 0 heterocycles. The van der Waals surface area contributed by atoms with Crippen molar-refractivity contribution in [1.82, 2.24) is 0 Å². The average molecular weight is 1860 g/mol. The van der Waals surface area contributed by atoms with Crippen molar-refractivity contribution in [3.05, 3.63) is 223 Å². The fourth-order valence-electron chi connectivity index (χ4n) is 4.98. The summed E-state index contributed by atoms with van der Waals surface area (Å²) in [7, 11) is -28.0. The number of nitrogens with zero attached hydrogens (tertiary/aromatic N) is 3. The number of phenolic OH excluding ortho intramolecular Hbond substituents is 3. The number of hydrogen-bond donors (Lipinski definition) is 8. The third kappa shape index (κ3) is 81.2. The zero-order valence-electron chi connectivity index (χ0n) is 66.6. The van der Waals surface area contributed by atoms with E-state index in [1.807, 2.05) is 169 Å². The minimum atomic E-state index is -6.85. The molecule has 117 heavy (non-hydrogen) atoms. The maximum absolute atomic E-state index is 12.0. The molecule has 0 saturated heterocycles. The van der Waals surface area contributed by atoms with Crippen molar-refractivity contribution in [2.75, 3.05) is 44.9 Å². The highest BCUT2D eigenvalue weighted by Gasteiger charge is 2.57. The molecule has 0 radical (unpaired) electrons. The van der Waals surface area contributed by atoms with Crippen LogP contribution in [0.2, 0.25) is 0 Å². The number of benzene rings is 7. The van der Waals surface area contributed by atoms with E-state index in [4.69, 9.17) is 36.4 Å². The van der Waals surface area contributed by atoms with Crippen LogP contribution in [0.15, 0.2) is 176 Å². The maximum atomic E-state index is 12.0. The van der Waals surface area contributed by atoms with Crippen LogP contribution in [0.3, 0.4) is 0 Å². The number of nitrogen functional groups attached to an aromatic ring is 1. The molecule has 7 aromatic carbocycles. The number of rotatable bonds is 12. The molecule has 9 N–H and O–H groups in total. The topological polar surface area (TPSA) is 530 Å². The largest absolute Gasteiger partial charge is 0.534 e. The first-order chi connectivity index (χ1) is 52.9. The minimum absolute atomic E-state index is 0. The van der Waals surface area contributed by atoms with Crippen LogP contribution in [-0.4, -0.2) is 136 Å². The molecule has 0 aliphatic heterocycles. The van der Waals surface area contributed by atoms with Gasteiger partial charge in [0.25, 0.3) is 16.5 Å². The van der Waals surface area contributed by atoms with E-state index in [-0.39, 0.29) is 36.0 Å². The van der Waals surface area contributed by atoms with Gasteiger partial charge in [-0.05, 0) is 118 Å². The Bertz CT molecular complexity index is 4400. The van der Waals surface area contributed by atoms with Crippen molar-refractivity contribution in [2.45, 2.75) is 142 Å². The van der Waals surface area contributed by atoms with Crippen LogP contribution in [0.5, 0.6) is 23.0 Å². The molecule has 0 aromatic heterocycles. The van der Waals surface area contributed by atoms with Crippen molar-refractivity contribution >= 4 is 114 Å². The lowest BCUT2D eigenvalue weighted by molar-refractivity contribution is -0.742. The molecule has 0 saturated carbocycles. The van der Waals surface area contributed by atoms with Crippen LogP contribution in [0.1, 0.15) is 121 Å². The number of para-hydroxylation sites is 1. The van der Waals surface area contributed by atoms with Crippen LogP contribution in [-0.2, 0) is 73.1 Å². The molecule has 0 bridgehead atoms. The molecule has 0 aliphatic carbocycles.